The van der Waals surface area contributed by atoms with Gasteiger partial charge in [-0.3, -0.25) is 0 Å². The lowest BCUT2D eigenvalue weighted by molar-refractivity contribution is -0.132. The Hall–Kier alpha value is -0.430. The average molecular weight is 304 g/mol. The summed E-state index contributed by atoms with van der Waals surface area (Å²) in [4.78, 5) is 11.3. The molecule has 0 aliphatic carbocycles. The highest BCUT2D eigenvalue weighted by molar-refractivity contribution is 9.09. The van der Waals surface area contributed by atoms with E-state index in [0.29, 0.717) is 5.33 Å². The first-order chi connectivity index (χ1) is 7.24. The minimum atomic E-state index is -2.85. The van der Waals surface area contributed by atoms with Crippen LogP contribution in [0.4, 0.5) is 13.6 Å². The predicted octanol–water partition coefficient (Wildman–Crippen LogP) is 2.51. The van der Waals surface area contributed by atoms with E-state index in [0.717, 1.165) is 0 Å². The van der Waals surface area contributed by atoms with Crippen LogP contribution >= 0.6 is 15.9 Å². The summed E-state index contributed by atoms with van der Waals surface area (Å²) in [5, 5.41) is 2.72. The lowest BCUT2D eigenvalue weighted by atomic mass is 10.2. The van der Waals surface area contributed by atoms with Crippen LogP contribution in [0.3, 0.4) is 0 Å². The molecule has 0 aromatic heterocycles. The van der Waals surface area contributed by atoms with E-state index in [4.69, 9.17) is 4.74 Å². The van der Waals surface area contributed by atoms with Gasteiger partial charge in [0.25, 0.3) is 0 Å². The Morgan fingerprint density at radius 1 is 1.44 bits per heavy atom. The minimum absolute atomic E-state index is 0.276. The van der Waals surface area contributed by atoms with Crippen LogP contribution in [0.1, 0.15) is 20.8 Å². The van der Waals surface area contributed by atoms with E-state index >= 15 is 0 Å². The topological polar surface area (TPSA) is 47.6 Å². The van der Waals surface area contributed by atoms with Gasteiger partial charge in [0.1, 0.15) is 5.60 Å². The number of halogens is 3. The number of carbonyl (C=O) groups is 1. The summed E-state index contributed by atoms with van der Waals surface area (Å²) < 4.78 is 32.6. The monoisotopic (exact) mass is 303 g/mol. The van der Waals surface area contributed by atoms with Crippen molar-refractivity contribution in [1.29, 1.82) is 0 Å². The molecule has 0 saturated heterocycles. The molecule has 4 nitrogen and oxygen atoms in total. The fraction of sp³-hybridized carbons (Fsp3) is 0.889. The van der Waals surface area contributed by atoms with E-state index in [9.17, 15) is 13.6 Å². The maximum Gasteiger partial charge on any atom is 0.407 e. The number of alkyl carbamates (subject to hydrolysis) is 1. The molecule has 1 atom stereocenters. The SMILES string of the molecule is CC(C)(C)OC(=O)N[C@H](CBr)COC(F)F. The summed E-state index contributed by atoms with van der Waals surface area (Å²) in [6, 6.07) is -0.552. The van der Waals surface area contributed by atoms with Gasteiger partial charge in [-0.2, -0.15) is 8.78 Å². The lowest BCUT2D eigenvalue weighted by Gasteiger charge is -2.22. The maximum absolute atomic E-state index is 11.8. The molecule has 0 aromatic rings. The Labute approximate surface area is 102 Å². The van der Waals surface area contributed by atoms with Crippen LogP contribution in [-0.4, -0.2) is 36.3 Å². The fourth-order valence-corrected chi connectivity index (χ4v) is 1.14. The van der Waals surface area contributed by atoms with Crippen LogP contribution in [0.2, 0.25) is 0 Å². The van der Waals surface area contributed by atoms with Crippen molar-refractivity contribution in [3.8, 4) is 0 Å². The molecule has 0 radical (unpaired) electrons. The largest absolute Gasteiger partial charge is 0.444 e. The van der Waals surface area contributed by atoms with Gasteiger partial charge < -0.3 is 14.8 Å². The molecule has 0 aliphatic rings. The molecule has 0 aromatic carbocycles. The molecule has 0 aliphatic heterocycles. The molecule has 0 unspecified atom stereocenters. The van der Waals surface area contributed by atoms with Crippen molar-refractivity contribution >= 4 is 22.0 Å². The zero-order valence-corrected chi connectivity index (χ0v) is 11.0. The van der Waals surface area contributed by atoms with Gasteiger partial charge in [0.2, 0.25) is 0 Å². The third-order valence-corrected chi connectivity index (χ3v) is 2.11. The highest BCUT2D eigenvalue weighted by Gasteiger charge is 2.19. The normalized spacial score (nSPS) is 13.7. The first-order valence-electron chi connectivity index (χ1n) is 4.70. The number of hydrogen-bond acceptors (Lipinski definition) is 3. The van der Waals surface area contributed by atoms with E-state index in [1.807, 2.05) is 0 Å². The predicted molar refractivity (Wildman–Crippen MR) is 58.9 cm³/mol. The Bertz CT molecular complexity index is 221. The molecule has 7 heteroatoms. The highest BCUT2D eigenvalue weighted by Crippen LogP contribution is 2.07. The van der Waals surface area contributed by atoms with E-state index < -0.39 is 24.3 Å². The second-order valence-corrected chi connectivity index (χ2v) is 4.74. The second kappa shape index (κ2) is 7.01. The molecule has 0 spiro atoms. The number of amides is 1. The van der Waals surface area contributed by atoms with Gasteiger partial charge in [-0.15, -0.1) is 0 Å². The van der Waals surface area contributed by atoms with Crippen molar-refractivity contribution in [1.82, 2.24) is 5.32 Å². The quantitative estimate of drug-likeness (QED) is 0.794. The lowest BCUT2D eigenvalue weighted by Crippen LogP contribution is -2.42. The second-order valence-electron chi connectivity index (χ2n) is 4.09. The third-order valence-electron chi connectivity index (χ3n) is 1.33. The molecular weight excluding hydrogens is 288 g/mol. The molecule has 96 valence electrons. The van der Waals surface area contributed by atoms with Crippen molar-refractivity contribution < 1.29 is 23.0 Å². The molecule has 1 N–H and O–H groups in total. The van der Waals surface area contributed by atoms with E-state index in [-0.39, 0.29) is 6.61 Å². The number of ether oxygens (including phenoxy) is 2. The molecule has 0 saturated carbocycles. The standard InChI is InChI=1S/C9H16BrF2NO3/c1-9(2,3)16-8(14)13-6(4-10)5-15-7(11)12/h6-7H,4-5H2,1-3H3,(H,13,14)/t6-/m1/s1. The molecule has 1 amide bonds. The van der Waals surface area contributed by atoms with Gasteiger partial charge in [0, 0.05) is 5.33 Å². The van der Waals surface area contributed by atoms with Gasteiger partial charge >= 0.3 is 12.7 Å². The zero-order valence-electron chi connectivity index (χ0n) is 9.43. The van der Waals surface area contributed by atoms with Crippen LogP contribution in [0.15, 0.2) is 0 Å². The first kappa shape index (κ1) is 15.6. The summed E-state index contributed by atoms with van der Waals surface area (Å²) in [5.74, 6) is 0. The van der Waals surface area contributed by atoms with Crippen LogP contribution in [0.25, 0.3) is 0 Å². The summed E-state index contributed by atoms with van der Waals surface area (Å²) in [7, 11) is 0. The van der Waals surface area contributed by atoms with E-state index in [1.54, 1.807) is 20.8 Å². The summed E-state index contributed by atoms with van der Waals surface area (Å²) in [5.41, 5.74) is -0.621. The van der Waals surface area contributed by atoms with Gasteiger partial charge in [-0.1, -0.05) is 15.9 Å². The highest BCUT2D eigenvalue weighted by atomic mass is 79.9. The Morgan fingerprint density at radius 2 is 2.00 bits per heavy atom. The average Bonchev–Trinajstić information content (AvgIpc) is 2.08. The Kier molecular flexibility index (Phi) is 6.82. The zero-order chi connectivity index (χ0) is 12.8. The summed E-state index contributed by atoms with van der Waals surface area (Å²) in [6.45, 7) is 2.02. The van der Waals surface area contributed by atoms with E-state index in [2.05, 4.69) is 26.0 Å². The molecular formula is C9H16BrF2NO3. The van der Waals surface area contributed by atoms with Gasteiger partial charge in [0.05, 0.1) is 12.6 Å². The maximum atomic E-state index is 11.8. The van der Waals surface area contributed by atoms with Gasteiger partial charge in [0.15, 0.2) is 0 Å². The van der Waals surface area contributed by atoms with Crippen LogP contribution in [0, 0.1) is 0 Å². The molecule has 0 bridgehead atoms. The van der Waals surface area contributed by atoms with Gasteiger partial charge in [-0.25, -0.2) is 4.79 Å². The van der Waals surface area contributed by atoms with Crippen molar-refractivity contribution in [2.45, 2.75) is 39.0 Å². The molecule has 0 heterocycles. The first-order valence-corrected chi connectivity index (χ1v) is 5.82. The number of alkyl halides is 3. The van der Waals surface area contributed by atoms with Crippen LogP contribution < -0.4 is 5.32 Å². The number of nitrogens with one attached hydrogen (secondary N) is 1. The number of rotatable bonds is 5. The smallest absolute Gasteiger partial charge is 0.407 e. The van der Waals surface area contributed by atoms with Crippen molar-refractivity contribution in [2.24, 2.45) is 0 Å². The van der Waals surface area contributed by atoms with Crippen molar-refractivity contribution in [3.63, 3.8) is 0 Å². The van der Waals surface area contributed by atoms with Crippen molar-refractivity contribution in [3.05, 3.63) is 0 Å². The van der Waals surface area contributed by atoms with Gasteiger partial charge in [-0.05, 0) is 20.8 Å². The molecule has 0 rings (SSSR count). The van der Waals surface area contributed by atoms with Crippen LogP contribution in [-0.2, 0) is 9.47 Å². The summed E-state index contributed by atoms with van der Waals surface area (Å²) in [6.07, 6.45) is -0.658. The summed E-state index contributed by atoms with van der Waals surface area (Å²) >= 11 is 3.08. The number of carbonyl (C=O) groups excluding carboxylic acids is 1. The van der Waals surface area contributed by atoms with E-state index in [1.165, 1.54) is 0 Å². The fourth-order valence-electron chi connectivity index (χ4n) is 0.788. The third kappa shape index (κ3) is 8.84. The van der Waals surface area contributed by atoms with Crippen LogP contribution in [0.5, 0.6) is 0 Å². The van der Waals surface area contributed by atoms with Crippen molar-refractivity contribution in [2.75, 3.05) is 11.9 Å². The Morgan fingerprint density at radius 3 is 2.38 bits per heavy atom. The molecule has 0 fully saturated rings. The minimum Gasteiger partial charge on any atom is -0.444 e. The number of hydrogen-bond donors (Lipinski definition) is 1. The Balaban J connectivity index is 3.97. The molecule has 16 heavy (non-hydrogen) atoms.